The summed E-state index contributed by atoms with van der Waals surface area (Å²) in [5, 5.41) is 9.10. The average Bonchev–Trinajstić information content (AvgIpc) is 3.28. The second kappa shape index (κ2) is 7.41. The molecule has 1 atom stereocenters. The molecular weight excluding hydrogens is 420 g/mol. The lowest BCUT2D eigenvalue weighted by molar-refractivity contribution is -0.116. The molecule has 0 saturated carbocycles. The second-order valence-electron chi connectivity index (χ2n) is 7.18. The van der Waals surface area contributed by atoms with E-state index in [2.05, 4.69) is 5.32 Å². The van der Waals surface area contributed by atoms with Crippen molar-refractivity contribution in [2.45, 2.75) is 26.2 Å². The number of hydrogen-bond acceptors (Lipinski definition) is 5. The van der Waals surface area contributed by atoms with E-state index in [0.29, 0.717) is 29.0 Å². The van der Waals surface area contributed by atoms with Gasteiger partial charge in [-0.05, 0) is 49.7 Å². The minimum absolute atomic E-state index is 0.0478. The number of amides is 1. The third-order valence-electron chi connectivity index (χ3n) is 5.19. The van der Waals surface area contributed by atoms with Crippen molar-refractivity contribution in [3.63, 3.8) is 0 Å². The first-order chi connectivity index (χ1) is 14.5. The topological polar surface area (TPSA) is 69.0 Å². The molecule has 2 aromatic carbocycles. The zero-order chi connectivity index (χ0) is 20.8. The largest absolute Gasteiger partial charge is 0.494 e. The molecule has 0 radical (unpaired) electrons. The molecule has 8 heteroatoms. The summed E-state index contributed by atoms with van der Waals surface area (Å²) in [7, 11) is 0. The van der Waals surface area contributed by atoms with E-state index in [1.165, 1.54) is 11.3 Å². The number of thiazole rings is 1. The summed E-state index contributed by atoms with van der Waals surface area (Å²) in [6.45, 7) is 4.53. The number of anilines is 1. The predicted octanol–water partition coefficient (Wildman–Crippen LogP) is 5.32. The van der Waals surface area contributed by atoms with E-state index in [-0.39, 0.29) is 11.8 Å². The number of rotatable bonds is 4. The minimum Gasteiger partial charge on any atom is -0.494 e. The van der Waals surface area contributed by atoms with Crippen molar-refractivity contribution in [1.29, 1.82) is 0 Å². The Morgan fingerprint density at radius 1 is 1.30 bits per heavy atom. The molecule has 5 rings (SSSR count). The van der Waals surface area contributed by atoms with Crippen LogP contribution >= 0.6 is 22.9 Å². The van der Waals surface area contributed by atoms with Gasteiger partial charge >= 0.3 is 0 Å². The van der Waals surface area contributed by atoms with E-state index in [9.17, 15) is 4.79 Å². The summed E-state index contributed by atoms with van der Waals surface area (Å²) < 4.78 is 8.35. The number of fused-ring (bicyclic) bond motifs is 2. The van der Waals surface area contributed by atoms with Crippen LogP contribution in [-0.2, 0) is 4.79 Å². The van der Waals surface area contributed by atoms with Crippen LogP contribution in [0.15, 0.2) is 42.5 Å². The molecule has 3 heterocycles. The smallest absolute Gasteiger partial charge is 0.226 e. The highest BCUT2D eigenvalue weighted by Crippen LogP contribution is 2.41. The Morgan fingerprint density at radius 3 is 2.97 bits per heavy atom. The van der Waals surface area contributed by atoms with E-state index in [1.807, 2.05) is 56.3 Å². The van der Waals surface area contributed by atoms with Crippen LogP contribution in [0.4, 0.5) is 5.82 Å². The van der Waals surface area contributed by atoms with E-state index in [0.717, 1.165) is 32.8 Å². The number of benzene rings is 2. The van der Waals surface area contributed by atoms with Crippen LogP contribution < -0.4 is 10.1 Å². The predicted molar refractivity (Wildman–Crippen MR) is 119 cm³/mol. The molecule has 1 aliphatic heterocycles. The Hall–Kier alpha value is -2.90. The van der Waals surface area contributed by atoms with Crippen molar-refractivity contribution >= 4 is 44.9 Å². The third kappa shape index (κ3) is 3.24. The zero-order valence-electron chi connectivity index (χ0n) is 16.5. The molecule has 0 saturated heterocycles. The quantitative estimate of drug-likeness (QED) is 0.468. The van der Waals surface area contributed by atoms with E-state index >= 15 is 0 Å². The van der Waals surface area contributed by atoms with Gasteiger partial charge in [-0.3, -0.25) is 4.79 Å². The summed E-state index contributed by atoms with van der Waals surface area (Å²) in [4.78, 5) is 17.3. The van der Waals surface area contributed by atoms with Crippen molar-refractivity contribution in [2.75, 3.05) is 11.9 Å². The van der Waals surface area contributed by atoms with Crippen molar-refractivity contribution in [3.05, 3.63) is 64.3 Å². The van der Waals surface area contributed by atoms with Gasteiger partial charge < -0.3 is 10.1 Å². The molecule has 0 bridgehead atoms. The van der Waals surface area contributed by atoms with E-state index in [1.54, 1.807) is 4.68 Å². The number of ether oxygens (including phenoxy) is 1. The van der Waals surface area contributed by atoms with Gasteiger partial charge in [-0.2, -0.15) is 9.78 Å². The number of aryl methyl sites for hydroxylation is 1. The molecular formula is C22H19ClN4O2S. The minimum atomic E-state index is -0.0971. The van der Waals surface area contributed by atoms with Gasteiger partial charge in [0.15, 0.2) is 0 Å². The van der Waals surface area contributed by atoms with Crippen LogP contribution in [0.3, 0.4) is 0 Å². The van der Waals surface area contributed by atoms with Gasteiger partial charge in [0.1, 0.15) is 11.6 Å². The lowest BCUT2D eigenvalue weighted by Crippen LogP contribution is -2.24. The zero-order valence-corrected chi connectivity index (χ0v) is 18.0. The fourth-order valence-corrected chi connectivity index (χ4v) is 5.08. The molecule has 2 aromatic heterocycles. The number of nitrogens with zero attached hydrogens (tertiary/aromatic N) is 3. The van der Waals surface area contributed by atoms with Gasteiger partial charge in [0.2, 0.25) is 11.0 Å². The molecule has 1 amide bonds. The summed E-state index contributed by atoms with van der Waals surface area (Å²) in [6.07, 6.45) is 0.359. The van der Waals surface area contributed by atoms with Gasteiger partial charge in [0, 0.05) is 22.9 Å². The first-order valence-corrected chi connectivity index (χ1v) is 10.9. The fourth-order valence-electron chi connectivity index (χ4n) is 3.93. The van der Waals surface area contributed by atoms with Gasteiger partial charge in [-0.1, -0.05) is 35.1 Å². The van der Waals surface area contributed by atoms with Crippen LogP contribution in [0.2, 0.25) is 5.02 Å². The lowest BCUT2D eigenvalue weighted by atomic mass is 9.86. The van der Waals surface area contributed by atoms with Crippen LogP contribution in [0.5, 0.6) is 5.75 Å². The summed E-state index contributed by atoms with van der Waals surface area (Å²) >= 11 is 7.72. The molecule has 6 nitrogen and oxygen atoms in total. The number of aromatic nitrogens is 3. The Bertz CT molecular complexity index is 1280. The first kappa shape index (κ1) is 19.1. The molecule has 1 unspecified atom stereocenters. The maximum atomic E-state index is 12.6. The Kier molecular flexibility index (Phi) is 4.72. The number of hydrogen-bond donors (Lipinski definition) is 1. The molecule has 1 aliphatic rings. The maximum absolute atomic E-state index is 12.6. The molecule has 4 aromatic rings. The van der Waals surface area contributed by atoms with Crippen molar-refractivity contribution in [1.82, 2.24) is 14.8 Å². The Labute approximate surface area is 182 Å². The molecule has 0 fully saturated rings. The average molecular weight is 439 g/mol. The SMILES string of the molecule is CCOc1ccc2nc(-n3nc(C)c4c3NC(=O)CC4c3cccc(Cl)c3)sc2c1. The van der Waals surface area contributed by atoms with Gasteiger partial charge in [0.05, 0.1) is 22.5 Å². The van der Waals surface area contributed by atoms with Crippen molar-refractivity contribution in [3.8, 4) is 10.9 Å². The van der Waals surface area contributed by atoms with Gasteiger partial charge in [-0.15, -0.1) is 0 Å². The summed E-state index contributed by atoms with van der Waals surface area (Å²) in [5.74, 6) is 1.35. The fraction of sp³-hybridized carbons (Fsp3) is 0.227. The maximum Gasteiger partial charge on any atom is 0.226 e. The van der Waals surface area contributed by atoms with Crippen LogP contribution in [0.25, 0.3) is 15.3 Å². The Morgan fingerprint density at radius 2 is 2.17 bits per heavy atom. The standard InChI is InChI=1S/C22H19ClN4O2S/c1-3-29-15-7-8-17-18(10-15)30-22(24-17)27-21-20(12(2)26-27)16(11-19(28)25-21)13-5-4-6-14(23)9-13/h4-10,16H,3,11H2,1-2H3,(H,25,28). The van der Waals surface area contributed by atoms with E-state index < -0.39 is 0 Å². The van der Waals surface area contributed by atoms with Crippen LogP contribution in [0.1, 0.15) is 36.1 Å². The number of halogens is 1. The van der Waals surface area contributed by atoms with Gasteiger partial charge in [0.25, 0.3) is 0 Å². The normalized spacial score (nSPS) is 15.8. The second-order valence-corrected chi connectivity index (χ2v) is 8.62. The monoisotopic (exact) mass is 438 g/mol. The van der Waals surface area contributed by atoms with Crippen molar-refractivity contribution < 1.29 is 9.53 Å². The summed E-state index contributed by atoms with van der Waals surface area (Å²) in [6, 6.07) is 13.5. The molecule has 0 aliphatic carbocycles. The molecule has 0 spiro atoms. The lowest BCUT2D eigenvalue weighted by Gasteiger charge is -2.24. The first-order valence-electron chi connectivity index (χ1n) is 9.72. The van der Waals surface area contributed by atoms with Crippen molar-refractivity contribution in [2.24, 2.45) is 0 Å². The van der Waals surface area contributed by atoms with Crippen LogP contribution in [0, 0.1) is 6.92 Å². The molecule has 152 valence electrons. The highest BCUT2D eigenvalue weighted by molar-refractivity contribution is 7.20. The Balaban J connectivity index is 1.63. The number of nitrogens with one attached hydrogen (secondary N) is 1. The molecule has 30 heavy (non-hydrogen) atoms. The van der Waals surface area contributed by atoms with Crippen LogP contribution in [-0.4, -0.2) is 27.3 Å². The highest BCUT2D eigenvalue weighted by Gasteiger charge is 2.33. The van der Waals surface area contributed by atoms with E-state index in [4.69, 9.17) is 26.4 Å². The number of carbonyl (C=O) groups excluding carboxylic acids is 1. The number of carbonyl (C=O) groups is 1. The molecule has 1 N–H and O–H groups in total. The van der Waals surface area contributed by atoms with Gasteiger partial charge in [-0.25, -0.2) is 4.98 Å². The highest BCUT2D eigenvalue weighted by atomic mass is 35.5. The summed E-state index contributed by atoms with van der Waals surface area (Å²) in [5.41, 5.74) is 3.75. The third-order valence-corrected chi connectivity index (χ3v) is 6.42.